The van der Waals surface area contributed by atoms with Crippen LogP contribution in [0.15, 0.2) is 41.1 Å². The second kappa shape index (κ2) is 7.27. The number of aliphatic hydroxyl groups excluding tert-OH is 1. The molecule has 0 aliphatic carbocycles. The van der Waals surface area contributed by atoms with E-state index in [1.165, 1.54) is 12.3 Å². The van der Waals surface area contributed by atoms with Gasteiger partial charge in [-0.3, -0.25) is 4.79 Å². The van der Waals surface area contributed by atoms with E-state index >= 15 is 0 Å². The first-order valence-corrected chi connectivity index (χ1v) is 6.56. The second-order valence-electron chi connectivity index (χ2n) is 4.47. The number of carbonyl (C=O) groups is 1. The average molecular weight is 284 g/mol. The zero-order chi connectivity index (χ0) is 15.1. The van der Waals surface area contributed by atoms with Crippen molar-refractivity contribution >= 4 is 5.91 Å². The normalized spacial score (nSPS) is 9.81. The van der Waals surface area contributed by atoms with E-state index in [1.807, 2.05) is 24.3 Å². The molecule has 0 aliphatic rings. The maximum atomic E-state index is 12.1. The van der Waals surface area contributed by atoms with Crippen LogP contribution in [0.2, 0.25) is 0 Å². The molecule has 0 aliphatic heterocycles. The first-order valence-electron chi connectivity index (χ1n) is 6.56. The van der Waals surface area contributed by atoms with E-state index in [2.05, 4.69) is 17.0 Å². The predicted molar refractivity (Wildman–Crippen MR) is 77.3 cm³/mol. The summed E-state index contributed by atoms with van der Waals surface area (Å²) in [6, 6.07) is 9.15. The Kier molecular flexibility index (Phi) is 5.13. The SMILES string of the molecule is CN(Cc1ccccc1C#CCCO)C(=O)c1ccno1. The van der Waals surface area contributed by atoms with Gasteiger partial charge in [0.25, 0.3) is 5.91 Å². The minimum Gasteiger partial charge on any atom is -0.395 e. The number of rotatable bonds is 4. The van der Waals surface area contributed by atoms with Crippen molar-refractivity contribution in [2.75, 3.05) is 13.7 Å². The van der Waals surface area contributed by atoms with Crippen molar-refractivity contribution < 1.29 is 14.4 Å². The van der Waals surface area contributed by atoms with Gasteiger partial charge in [0.2, 0.25) is 5.76 Å². The molecule has 108 valence electrons. The molecule has 5 heteroatoms. The van der Waals surface area contributed by atoms with Gasteiger partial charge in [0.15, 0.2) is 0 Å². The number of amides is 1. The lowest BCUT2D eigenvalue weighted by atomic mass is 10.1. The second-order valence-corrected chi connectivity index (χ2v) is 4.47. The van der Waals surface area contributed by atoms with E-state index < -0.39 is 0 Å². The number of aromatic nitrogens is 1. The summed E-state index contributed by atoms with van der Waals surface area (Å²) < 4.78 is 4.87. The Hall–Kier alpha value is -2.58. The Morgan fingerprint density at radius 1 is 1.38 bits per heavy atom. The lowest BCUT2D eigenvalue weighted by molar-refractivity contribution is 0.0743. The molecule has 0 saturated carbocycles. The topological polar surface area (TPSA) is 66.6 Å². The summed E-state index contributed by atoms with van der Waals surface area (Å²) in [6.07, 6.45) is 1.87. The van der Waals surface area contributed by atoms with Crippen LogP contribution in [-0.4, -0.2) is 34.7 Å². The van der Waals surface area contributed by atoms with E-state index in [0.717, 1.165) is 11.1 Å². The van der Waals surface area contributed by atoms with Gasteiger partial charge in [-0.2, -0.15) is 0 Å². The van der Waals surface area contributed by atoms with Crippen LogP contribution in [0.1, 0.15) is 28.1 Å². The molecule has 2 aromatic rings. The minimum absolute atomic E-state index is 0.0407. The summed E-state index contributed by atoms with van der Waals surface area (Å²) in [4.78, 5) is 13.7. The Labute approximate surface area is 123 Å². The molecule has 5 nitrogen and oxygen atoms in total. The Morgan fingerprint density at radius 2 is 2.19 bits per heavy atom. The van der Waals surface area contributed by atoms with Gasteiger partial charge in [0, 0.05) is 31.6 Å². The van der Waals surface area contributed by atoms with Crippen LogP contribution in [0.5, 0.6) is 0 Å². The van der Waals surface area contributed by atoms with Gasteiger partial charge in [-0.1, -0.05) is 35.2 Å². The molecule has 0 bridgehead atoms. The number of benzene rings is 1. The standard InChI is InChI=1S/C16H16N2O3/c1-18(16(20)15-9-10-17-21-15)12-14-8-3-2-6-13(14)7-4-5-11-19/h2-3,6,8-10,19H,5,11-12H2,1H3. The van der Waals surface area contributed by atoms with E-state index in [-0.39, 0.29) is 18.3 Å². The highest BCUT2D eigenvalue weighted by molar-refractivity contribution is 5.91. The fraction of sp³-hybridized carbons (Fsp3) is 0.250. The number of carbonyl (C=O) groups excluding carboxylic acids is 1. The molecule has 0 atom stereocenters. The molecule has 0 fully saturated rings. The third kappa shape index (κ3) is 3.94. The Morgan fingerprint density at radius 3 is 2.90 bits per heavy atom. The zero-order valence-electron chi connectivity index (χ0n) is 11.7. The molecule has 2 rings (SSSR count). The van der Waals surface area contributed by atoms with Gasteiger partial charge >= 0.3 is 0 Å². The molecular weight excluding hydrogens is 268 g/mol. The fourth-order valence-electron chi connectivity index (χ4n) is 1.84. The highest BCUT2D eigenvalue weighted by Crippen LogP contribution is 2.12. The number of aliphatic hydroxyl groups is 1. The molecule has 0 spiro atoms. The van der Waals surface area contributed by atoms with Crippen LogP contribution >= 0.6 is 0 Å². The summed E-state index contributed by atoms with van der Waals surface area (Å²) in [5, 5.41) is 12.3. The number of nitrogens with zero attached hydrogens (tertiary/aromatic N) is 2. The van der Waals surface area contributed by atoms with Crippen molar-refractivity contribution in [3.63, 3.8) is 0 Å². The van der Waals surface area contributed by atoms with Crippen LogP contribution < -0.4 is 0 Å². The summed E-state index contributed by atoms with van der Waals surface area (Å²) in [7, 11) is 1.70. The Bertz CT molecular complexity index is 654. The molecular formula is C16H16N2O3. The summed E-state index contributed by atoms with van der Waals surface area (Å²) >= 11 is 0. The van der Waals surface area contributed by atoms with Gasteiger partial charge in [-0.05, 0) is 11.6 Å². The third-order valence-corrected chi connectivity index (χ3v) is 2.88. The third-order valence-electron chi connectivity index (χ3n) is 2.88. The number of hydrogen-bond acceptors (Lipinski definition) is 4. The van der Waals surface area contributed by atoms with Gasteiger partial charge in [-0.15, -0.1) is 0 Å². The van der Waals surface area contributed by atoms with Crippen LogP contribution in [-0.2, 0) is 6.54 Å². The molecule has 0 radical (unpaired) electrons. The lowest BCUT2D eigenvalue weighted by Gasteiger charge is -2.16. The Balaban J connectivity index is 2.12. The average Bonchev–Trinajstić information content (AvgIpc) is 3.02. The van der Waals surface area contributed by atoms with Crippen molar-refractivity contribution in [2.24, 2.45) is 0 Å². The molecule has 1 heterocycles. The summed E-state index contributed by atoms with van der Waals surface area (Å²) in [5.41, 5.74) is 1.79. The van der Waals surface area contributed by atoms with Crippen LogP contribution in [0, 0.1) is 11.8 Å². The van der Waals surface area contributed by atoms with Crippen LogP contribution in [0.4, 0.5) is 0 Å². The zero-order valence-corrected chi connectivity index (χ0v) is 11.7. The van der Waals surface area contributed by atoms with Crippen molar-refractivity contribution in [2.45, 2.75) is 13.0 Å². The molecule has 1 amide bonds. The van der Waals surface area contributed by atoms with E-state index in [9.17, 15) is 4.79 Å². The van der Waals surface area contributed by atoms with Crippen molar-refractivity contribution in [3.05, 3.63) is 53.4 Å². The number of hydrogen-bond donors (Lipinski definition) is 1. The maximum absolute atomic E-state index is 12.1. The monoisotopic (exact) mass is 284 g/mol. The van der Waals surface area contributed by atoms with E-state index in [0.29, 0.717) is 13.0 Å². The van der Waals surface area contributed by atoms with Crippen LogP contribution in [0.25, 0.3) is 0 Å². The predicted octanol–water partition coefficient (Wildman–Crippen LogP) is 1.68. The maximum Gasteiger partial charge on any atom is 0.292 e. The molecule has 1 aromatic carbocycles. The molecule has 21 heavy (non-hydrogen) atoms. The summed E-state index contributed by atoms with van der Waals surface area (Å²) in [5.74, 6) is 5.88. The van der Waals surface area contributed by atoms with Crippen molar-refractivity contribution in [3.8, 4) is 11.8 Å². The van der Waals surface area contributed by atoms with E-state index in [4.69, 9.17) is 9.63 Å². The van der Waals surface area contributed by atoms with Gasteiger partial charge in [0.05, 0.1) is 12.8 Å². The first-order chi connectivity index (χ1) is 10.2. The first kappa shape index (κ1) is 14.8. The van der Waals surface area contributed by atoms with Crippen molar-refractivity contribution in [1.82, 2.24) is 10.1 Å². The quantitative estimate of drug-likeness (QED) is 0.867. The molecule has 1 N–H and O–H groups in total. The molecule has 0 saturated heterocycles. The largest absolute Gasteiger partial charge is 0.395 e. The fourth-order valence-corrected chi connectivity index (χ4v) is 1.84. The van der Waals surface area contributed by atoms with Gasteiger partial charge < -0.3 is 14.5 Å². The van der Waals surface area contributed by atoms with Crippen molar-refractivity contribution in [1.29, 1.82) is 0 Å². The highest BCUT2D eigenvalue weighted by atomic mass is 16.5. The smallest absolute Gasteiger partial charge is 0.292 e. The van der Waals surface area contributed by atoms with Gasteiger partial charge in [0.1, 0.15) is 0 Å². The molecule has 0 unspecified atom stereocenters. The summed E-state index contributed by atoms with van der Waals surface area (Å²) in [6.45, 7) is 0.461. The minimum atomic E-state index is -0.231. The highest BCUT2D eigenvalue weighted by Gasteiger charge is 2.16. The van der Waals surface area contributed by atoms with Gasteiger partial charge in [-0.25, -0.2) is 0 Å². The molecule has 1 aromatic heterocycles. The van der Waals surface area contributed by atoms with E-state index in [1.54, 1.807) is 11.9 Å². The lowest BCUT2D eigenvalue weighted by Crippen LogP contribution is -2.26. The van der Waals surface area contributed by atoms with Crippen LogP contribution in [0.3, 0.4) is 0 Å².